The zero-order chi connectivity index (χ0) is 19.2. The van der Waals surface area contributed by atoms with Crippen molar-refractivity contribution in [3.63, 3.8) is 0 Å². The molecule has 0 radical (unpaired) electrons. The SMILES string of the molecule is CN1[C@@H](CC(=O)N2CCOCC2)CC[C@H]1CNC(=O)c1cc(CO)ccn1. The maximum absolute atomic E-state index is 12.5. The lowest BCUT2D eigenvalue weighted by Crippen LogP contribution is -2.45. The molecule has 2 amide bonds. The van der Waals surface area contributed by atoms with Gasteiger partial charge < -0.3 is 20.1 Å². The number of hydrogen-bond acceptors (Lipinski definition) is 6. The summed E-state index contributed by atoms with van der Waals surface area (Å²) in [5, 5.41) is 12.1. The van der Waals surface area contributed by atoms with E-state index in [0.717, 1.165) is 12.8 Å². The largest absolute Gasteiger partial charge is 0.392 e. The number of nitrogens with one attached hydrogen (secondary N) is 1. The van der Waals surface area contributed by atoms with Gasteiger partial charge in [0.2, 0.25) is 5.91 Å². The lowest BCUT2D eigenvalue weighted by Gasteiger charge is -2.30. The van der Waals surface area contributed by atoms with Crippen LogP contribution in [0.1, 0.15) is 35.3 Å². The molecule has 2 fully saturated rings. The zero-order valence-electron chi connectivity index (χ0n) is 15.8. The molecule has 3 heterocycles. The molecule has 1 aromatic rings. The van der Waals surface area contributed by atoms with Crippen LogP contribution in [0.2, 0.25) is 0 Å². The molecule has 8 heteroatoms. The molecule has 27 heavy (non-hydrogen) atoms. The molecule has 8 nitrogen and oxygen atoms in total. The van der Waals surface area contributed by atoms with Crippen LogP contribution < -0.4 is 5.32 Å². The number of carbonyl (C=O) groups is 2. The van der Waals surface area contributed by atoms with E-state index in [1.165, 1.54) is 6.20 Å². The lowest BCUT2D eigenvalue weighted by atomic mass is 10.1. The average Bonchev–Trinajstić information content (AvgIpc) is 3.06. The Morgan fingerprint density at radius 2 is 2.04 bits per heavy atom. The number of likely N-dealkylation sites (N-methyl/N-ethyl adjacent to an activating group) is 1. The maximum atomic E-state index is 12.5. The van der Waals surface area contributed by atoms with Gasteiger partial charge in [-0.1, -0.05) is 0 Å². The molecule has 0 bridgehead atoms. The van der Waals surface area contributed by atoms with Crippen molar-refractivity contribution < 1.29 is 19.4 Å². The van der Waals surface area contributed by atoms with Crippen LogP contribution in [-0.2, 0) is 16.1 Å². The summed E-state index contributed by atoms with van der Waals surface area (Å²) in [6, 6.07) is 3.69. The molecule has 0 saturated carbocycles. The maximum Gasteiger partial charge on any atom is 0.269 e. The Kier molecular flexibility index (Phi) is 6.76. The number of aliphatic hydroxyl groups is 1. The van der Waals surface area contributed by atoms with Gasteiger partial charge in [-0.05, 0) is 37.6 Å². The number of morpholine rings is 1. The van der Waals surface area contributed by atoms with Crippen LogP contribution in [0, 0.1) is 0 Å². The third-order valence-corrected chi connectivity index (χ3v) is 5.50. The van der Waals surface area contributed by atoms with Gasteiger partial charge in [-0.25, -0.2) is 0 Å². The fourth-order valence-corrected chi connectivity index (χ4v) is 3.72. The highest BCUT2D eigenvalue weighted by Crippen LogP contribution is 2.25. The van der Waals surface area contributed by atoms with Crippen LogP contribution in [0.5, 0.6) is 0 Å². The number of ether oxygens (including phenoxy) is 1. The predicted molar refractivity (Wildman–Crippen MR) is 99.1 cm³/mol. The minimum Gasteiger partial charge on any atom is -0.392 e. The molecule has 0 aliphatic carbocycles. The smallest absolute Gasteiger partial charge is 0.269 e. The Labute approximate surface area is 159 Å². The van der Waals surface area contributed by atoms with E-state index in [9.17, 15) is 14.7 Å². The van der Waals surface area contributed by atoms with Crippen molar-refractivity contribution in [3.8, 4) is 0 Å². The van der Waals surface area contributed by atoms with Crippen LogP contribution in [-0.4, -0.2) is 83.7 Å². The monoisotopic (exact) mass is 376 g/mol. The van der Waals surface area contributed by atoms with Crippen molar-refractivity contribution in [2.24, 2.45) is 0 Å². The Morgan fingerprint density at radius 1 is 1.30 bits per heavy atom. The van der Waals surface area contributed by atoms with Crippen molar-refractivity contribution in [1.82, 2.24) is 20.1 Å². The standard InChI is InChI=1S/C19H28N4O4/c1-22-15(11-18(25)23-6-8-27-9-7-23)2-3-16(22)12-21-19(26)17-10-14(13-24)4-5-20-17/h4-5,10,15-16,24H,2-3,6-9,11-13H2,1H3,(H,21,26)/t15-,16+/m1/s1. The second kappa shape index (κ2) is 9.25. The van der Waals surface area contributed by atoms with E-state index in [-0.39, 0.29) is 30.5 Å². The molecule has 0 unspecified atom stereocenters. The highest BCUT2D eigenvalue weighted by atomic mass is 16.5. The van der Waals surface area contributed by atoms with Crippen LogP contribution in [0.25, 0.3) is 0 Å². The summed E-state index contributed by atoms with van der Waals surface area (Å²) in [7, 11) is 2.02. The Balaban J connectivity index is 1.47. The highest BCUT2D eigenvalue weighted by Gasteiger charge is 2.33. The molecule has 0 spiro atoms. The van der Waals surface area contributed by atoms with E-state index in [1.807, 2.05) is 11.9 Å². The number of nitrogens with zero attached hydrogens (tertiary/aromatic N) is 3. The van der Waals surface area contributed by atoms with E-state index in [0.29, 0.717) is 50.5 Å². The molecule has 148 valence electrons. The number of pyridine rings is 1. The second-order valence-electron chi connectivity index (χ2n) is 7.17. The minimum absolute atomic E-state index is 0.118. The van der Waals surface area contributed by atoms with Gasteiger partial charge in [0.05, 0.1) is 19.8 Å². The van der Waals surface area contributed by atoms with Crippen molar-refractivity contribution >= 4 is 11.8 Å². The number of hydrogen-bond donors (Lipinski definition) is 2. The van der Waals surface area contributed by atoms with E-state index >= 15 is 0 Å². The zero-order valence-corrected chi connectivity index (χ0v) is 15.8. The Hall–Kier alpha value is -2.03. The lowest BCUT2D eigenvalue weighted by molar-refractivity contribution is -0.136. The van der Waals surface area contributed by atoms with Gasteiger partial charge in [-0.2, -0.15) is 0 Å². The van der Waals surface area contributed by atoms with E-state index in [4.69, 9.17) is 4.74 Å². The average molecular weight is 376 g/mol. The van der Waals surface area contributed by atoms with Gasteiger partial charge in [-0.3, -0.25) is 19.5 Å². The number of carbonyl (C=O) groups excluding carboxylic acids is 2. The predicted octanol–water partition coefficient (Wildman–Crippen LogP) is 0.0154. The summed E-state index contributed by atoms with van der Waals surface area (Å²) in [6.45, 7) is 2.98. The van der Waals surface area contributed by atoms with E-state index in [1.54, 1.807) is 12.1 Å². The van der Waals surface area contributed by atoms with Crippen molar-refractivity contribution in [2.75, 3.05) is 39.9 Å². The van der Waals surface area contributed by atoms with E-state index < -0.39 is 0 Å². The number of aromatic nitrogens is 1. The number of rotatable bonds is 6. The first-order valence-electron chi connectivity index (χ1n) is 9.50. The summed E-state index contributed by atoms with van der Waals surface area (Å²) in [4.78, 5) is 32.9. The summed E-state index contributed by atoms with van der Waals surface area (Å²) in [6.07, 6.45) is 3.93. The fourth-order valence-electron chi connectivity index (χ4n) is 3.72. The minimum atomic E-state index is -0.244. The first kappa shape index (κ1) is 19.7. The molecular formula is C19H28N4O4. The first-order chi connectivity index (χ1) is 13.1. The molecule has 2 N–H and O–H groups in total. The quantitative estimate of drug-likeness (QED) is 0.727. The second-order valence-corrected chi connectivity index (χ2v) is 7.17. The third kappa shape index (κ3) is 5.03. The fraction of sp³-hybridized carbons (Fsp3) is 0.632. The number of likely N-dealkylation sites (tertiary alicyclic amines) is 1. The van der Waals surface area contributed by atoms with Gasteiger partial charge in [-0.15, -0.1) is 0 Å². The Bertz CT molecular complexity index is 663. The molecule has 3 rings (SSSR count). The van der Waals surface area contributed by atoms with Crippen molar-refractivity contribution in [3.05, 3.63) is 29.6 Å². The first-order valence-corrected chi connectivity index (χ1v) is 9.50. The van der Waals surface area contributed by atoms with Crippen molar-refractivity contribution in [2.45, 2.75) is 38.0 Å². The van der Waals surface area contributed by atoms with E-state index in [2.05, 4.69) is 15.2 Å². The highest BCUT2D eigenvalue weighted by molar-refractivity contribution is 5.92. The van der Waals surface area contributed by atoms with Crippen LogP contribution in [0.4, 0.5) is 0 Å². The number of amides is 2. The van der Waals surface area contributed by atoms with Gasteiger partial charge in [0.1, 0.15) is 5.69 Å². The summed E-state index contributed by atoms with van der Waals surface area (Å²) in [5.74, 6) is -0.0589. The molecule has 2 atom stereocenters. The molecule has 2 saturated heterocycles. The van der Waals surface area contributed by atoms with Gasteiger partial charge in [0, 0.05) is 44.3 Å². The molecule has 2 aliphatic rings. The molecule has 2 aliphatic heterocycles. The molecule has 1 aromatic heterocycles. The van der Waals surface area contributed by atoms with Crippen LogP contribution >= 0.6 is 0 Å². The van der Waals surface area contributed by atoms with Crippen molar-refractivity contribution in [1.29, 1.82) is 0 Å². The summed E-state index contributed by atoms with van der Waals surface area (Å²) < 4.78 is 5.30. The number of aliphatic hydroxyl groups excluding tert-OH is 1. The normalized spacial score (nSPS) is 23.4. The topological polar surface area (TPSA) is 95.0 Å². The Morgan fingerprint density at radius 3 is 2.78 bits per heavy atom. The van der Waals surface area contributed by atoms with Gasteiger partial charge in [0.25, 0.3) is 5.91 Å². The van der Waals surface area contributed by atoms with Crippen LogP contribution in [0.15, 0.2) is 18.3 Å². The third-order valence-electron chi connectivity index (χ3n) is 5.50. The van der Waals surface area contributed by atoms with Crippen LogP contribution in [0.3, 0.4) is 0 Å². The molecule has 0 aromatic carbocycles. The van der Waals surface area contributed by atoms with Gasteiger partial charge in [0.15, 0.2) is 0 Å². The van der Waals surface area contributed by atoms with Gasteiger partial charge >= 0.3 is 0 Å². The summed E-state index contributed by atoms with van der Waals surface area (Å²) >= 11 is 0. The molecular weight excluding hydrogens is 348 g/mol. The summed E-state index contributed by atoms with van der Waals surface area (Å²) in [5.41, 5.74) is 0.969.